The number of nitrogen functional groups attached to an aromatic ring is 1. The van der Waals surface area contributed by atoms with Crippen LogP contribution >= 0.6 is 0 Å². The second-order valence-corrected chi connectivity index (χ2v) is 4.79. The lowest BCUT2D eigenvalue weighted by Gasteiger charge is -2.25. The number of anilines is 1. The molecule has 0 saturated carbocycles. The van der Waals surface area contributed by atoms with E-state index in [9.17, 15) is 9.59 Å². The van der Waals surface area contributed by atoms with E-state index < -0.39 is 5.54 Å². The Morgan fingerprint density at radius 3 is 2.78 bits per heavy atom. The van der Waals surface area contributed by atoms with Crippen molar-refractivity contribution in [2.24, 2.45) is 0 Å². The molecule has 1 heterocycles. The van der Waals surface area contributed by atoms with Crippen LogP contribution in [0.5, 0.6) is 0 Å². The number of carbonyl (C=O) groups excluding carboxylic acids is 1. The van der Waals surface area contributed by atoms with Gasteiger partial charge in [0, 0.05) is 25.1 Å². The van der Waals surface area contributed by atoms with Crippen LogP contribution in [0.25, 0.3) is 0 Å². The Morgan fingerprint density at radius 2 is 2.17 bits per heavy atom. The maximum Gasteiger partial charge on any atom is 0.251 e. The first-order valence-electron chi connectivity index (χ1n) is 5.60. The topological polar surface area (TPSA) is 86.3 Å². The molecular formula is C12H19N3O3. The van der Waals surface area contributed by atoms with Crippen LogP contribution in [0.1, 0.15) is 13.8 Å². The number of nitrogens with two attached hydrogens (primary N) is 1. The molecule has 0 bridgehead atoms. The molecule has 0 aliphatic heterocycles. The van der Waals surface area contributed by atoms with E-state index in [0.29, 0.717) is 12.3 Å². The fourth-order valence-corrected chi connectivity index (χ4v) is 1.64. The van der Waals surface area contributed by atoms with Gasteiger partial charge in [-0.2, -0.15) is 0 Å². The zero-order chi connectivity index (χ0) is 13.8. The molecule has 0 spiro atoms. The van der Waals surface area contributed by atoms with Crippen molar-refractivity contribution >= 4 is 11.6 Å². The van der Waals surface area contributed by atoms with Gasteiger partial charge in [-0.1, -0.05) is 0 Å². The number of carbonyl (C=O) groups is 1. The zero-order valence-electron chi connectivity index (χ0n) is 10.9. The number of pyridine rings is 1. The van der Waals surface area contributed by atoms with Crippen molar-refractivity contribution in [2.45, 2.75) is 25.9 Å². The molecule has 6 heteroatoms. The second kappa shape index (κ2) is 5.68. The van der Waals surface area contributed by atoms with Crippen molar-refractivity contribution < 1.29 is 9.53 Å². The Morgan fingerprint density at radius 1 is 1.50 bits per heavy atom. The summed E-state index contributed by atoms with van der Waals surface area (Å²) in [6.07, 6.45) is 1.45. The van der Waals surface area contributed by atoms with Crippen LogP contribution in [0.15, 0.2) is 23.1 Å². The molecule has 0 atom stereocenters. The molecule has 0 aliphatic carbocycles. The lowest BCUT2D eigenvalue weighted by Crippen LogP contribution is -2.48. The Labute approximate surface area is 106 Å². The van der Waals surface area contributed by atoms with Crippen LogP contribution < -0.4 is 16.6 Å². The van der Waals surface area contributed by atoms with Gasteiger partial charge in [-0.3, -0.25) is 9.59 Å². The Kier molecular flexibility index (Phi) is 4.49. The van der Waals surface area contributed by atoms with Crippen LogP contribution in [-0.4, -0.2) is 29.7 Å². The van der Waals surface area contributed by atoms with Crippen LogP contribution in [0.2, 0.25) is 0 Å². The Hall–Kier alpha value is -1.82. The molecular weight excluding hydrogens is 234 g/mol. The summed E-state index contributed by atoms with van der Waals surface area (Å²) in [6.45, 7) is 4.02. The van der Waals surface area contributed by atoms with E-state index in [1.807, 2.05) is 13.8 Å². The summed E-state index contributed by atoms with van der Waals surface area (Å²) < 4.78 is 6.27. The average molecular weight is 253 g/mol. The minimum atomic E-state index is -0.476. The van der Waals surface area contributed by atoms with E-state index >= 15 is 0 Å². The molecule has 0 aliphatic rings. The SMILES string of the molecule is COCC(C)(C)NC(=O)Cn1cc(N)ccc1=O. The molecule has 0 saturated heterocycles. The number of hydrogen-bond donors (Lipinski definition) is 2. The lowest BCUT2D eigenvalue weighted by atomic mass is 10.1. The number of aromatic nitrogens is 1. The molecule has 6 nitrogen and oxygen atoms in total. The summed E-state index contributed by atoms with van der Waals surface area (Å²) in [5.41, 5.74) is 5.27. The lowest BCUT2D eigenvalue weighted by molar-refractivity contribution is -0.123. The molecule has 1 aromatic rings. The van der Waals surface area contributed by atoms with Crippen molar-refractivity contribution in [1.29, 1.82) is 0 Å². The molecule has 3 N–H and O–H groups in total. The molecule has 0 radical (unpaired) electrons. The first-order chi connectivity index (χ1) is 8.34. The third-order valence-electron chi connectivity index (χ3n) is 2.30. The molecule has 0 unspecified atom stereocenters. The first-order valence-corrected chi connectivity index (χ1v) is 5.60. The van der Waals surface area contributed by atoms with E-state index in [1.165, 1.54) is 22.9 Å². The molecule has 1 rings (SSSR count). The smallest absolute Gasteiger partial charge is 0.251 e. The number of nitrogens with zero attached hydrogens (tertiary/aromatic N) is 1. The molecule has 18 heavy (non-hydrogen) atoms. The quantitative estimate of drug-likeness (QED) is 0.771. The molecule has 0 aromatic carbocycles. The van der Waals surface area contributed by atoms with Crippen LogP contribution in [0.3, 0.4) is 0 Å². The van der Waals surface area contributed by atoms with Gasteiger partial charge in [-0.15, -0.1) is 0 Å². The number of hydrogen-bond acceptors (Lipinski definition) is 4. The second-order valence-electron chi connectivity index (χ2n) is 4.79. The summed E-state index contributed by atoms with van der Waals surface area (Å²) >= 11 is 0. The normalized spacial score (nSPS) is 11.3. The highest BCUT2D eigenvalue weighted by Crippen LogP contribution is 2.02. The third kappa shape index (κ3) is 4.21. The van der Waals surface area contributed by atoms with Crippen LogP contribution in [0.4, 0.5) is 5.69 Å². The van der Waals surface area contributed by atoms with Crippen molar-refractivity contribution in [3.8, 4) is 0 Å². The highest BCUT2D eigenvalue weighted by atomic mass is 16.5. The number of rotatable bonds is 5. The first kappa shape index (κ1) is 14.2. The highest BCUT2D eigenvalue weighted by Gasteiger charge is 2.20. The van der Waals surface area contributed by atoms with Crippen molar-refractivity contribution in [1.82, 2.24) is 9.88 Å². The maximum atomic E-state index is 11.8. The fourth-order valence-electron chi connectivity index (χ4n) is 1.64. The van der Waals surface area contributed by atoms with Gasteiger partial charge in [0.05, 0.1) is 12.1 Å². The highest BCUT2D eigenvalue weighted by molar-refractivity contribution is 5.76. The molecule has 0 fully saturated rings. The predicted molar refractivity (Wildman–Crippen MR) is 69.2 cm³/mol. The monoisotopic (exact) mass is 253 g/mol. The van der Waals surface area contributed by atoms with Crippen LogP contribution in [-0.2, 0) is 16.1 Å². The zero-order valence-corrected chi connectivity index (χ0v) is 10.9. The molecule has 100 valence electrons. The van der Waals surface area contributed by atoms with E-state index in [0.717, 1.165) is 0 Å². The number of nitrogens with one attached hydrogen (secondary N) is 1. The maximum absolute atomic E-state index is 11.8. The van der Waals surface area contributed by atoms with E-state index in [2.05, 4.69) is 5.32 Å². The van der Waals surface area contributed by atoms with E-state index in [4.69, 9.17) is 10.5 Å². The van der Waals surface area contributed by atoms with Gasteiger partial charge in [0.2, 0.25) is 5.91 Å². The Bertz CT molecular complexity index is 480. The summed E-state index contributed by atoms with van der Waals surface area (Å²) in [4.78, 5) is 23.3. The van der Waals surface area contributed by atoms with Gasteiger partial charge in [0.25, 0.3) is 5.56 Å². The predicted octanol–water partition coefficient (Wildman–Crippen LogP) is -0.0283. The minimum Gasteiger partial charge on any atom is -0.398 e. The van der Waals surface area contributed by atoms with Gasteiger partial charge < -0.3 is 20.4 Å². The summed E-state index contributed by atoms with van der Waals surface area (Å²) in [7, 11) is 1.57. The average Bonchev–Trinajstić information content (AvgIpc) is 2.22. The summed E-state index contributed by atoms with van der Waals surface area (Å²) in [5, 5.41) is 2.79. The largest absolute Gasteiger partial charge is 0.398 e. The van der Waals surface area contributed by atoms with E-state index in [1.54, 1.807) is 7.11 Å². The molecule has 1 amide bonds. The van der Waals surface area contributed by atoms with Crippen molar-refractivity contribution in [3.63, 3.8) is 0 Å². The van der Waals surface area contributed by atoms with E-state index in [-0.39, 0.29) is 18.0 Å². The number of ether oxygens (including phenoxy) is 1. The minimum absolute atomic E-state index is 0.0585. The summed E-state index contributed by atoms with van der Waals surface area (Å²) in [6, 6.07) is 2.84. The van der Waals surface area contributed by atoms with Gasteiger partial charge >= 0.3 is 0 Å². The number of amides is 1. The molecule has 1 aromatic heterocycles. The van der Waals surface area contributed by atoms with Gasteiger partial charge in [0.15, 0.2) is 0 Å². The van der Waals surface area contributed by atoms with Crippen molar-refractivity contribution in [3.05, 3.63) is 28.7 Å². The number of methoxy groups -OCH3 is 1. The summed E-state index contributed by atoms with van der Waals surface area (Å²) in [5.74, 6) is -0.259. The van der Waals surface area contributed by atoms with Gasteiger partial charge in [-0.25, -0.2) is 0 Å². The third-order valence-corrected chi connectivity index (χ3v) is 2.30. The standard InChI is InChI=1S/C12H19N3O3/c1-12(2,8-18-3)14-10(16)7-15-6-9(13)4-5-11(15)17/h4-6H,7-8,13H2,1-3H3,(H,14,16). The van der Waals surface area contributed by atoms with Gasteiger partial charge in [0.1, 0.15) is 6.54 Å². The van der Waals surface area contributed by atoms with Crippen molar-refractivity contribution in [2.75, 3.05) is 19.5 Å². The fraction of sp³-hybridized carbons (Fsp3) is 0.500. The van der Waals surface area contributed by atoms with Gasteiger partial charge in [-0.05, 0) is 19.9 Å². The van der Waals surface area contributed by atoms with Crippen LogP contribution in [0, 0.1) is 0 Å². The Balaban J connectivity index is 2.71.